The van der Waals surface area contributed by atoms with E-state index in [1.807, 2.05) is 28.8 Å². The van der Waals surface area contributed by atoms with Crippen LogP contribution in [0.5, 0.6) is 0 Å². The van der Waals surface area contributed by atoms with Crippen LogP contribution in [0.1, 0.15) is 5.56 Å². The van der Waals surface area contributed by atoms with E-state index in [4.69, 9.17) is 16.3 Å². The number of thioether (sulfide) groups is 1. The molecule has 2 aromatic rings. The number of halogens is 2. The second-order valence-corrected chi connectivity index (χ2v) is 8.56. The first kappa shape index (κ1) is 20.0. The minimum Gasteiger partial charge on any atom is -0.442 e. The number of carbonyl (C=O) groups excluding carboxylic acids is 1. The third kappa shape index (κ3) is 4.85. The molecule has 2 aliphatic rings. The van der Waals surface area contributed by atoms with Gasteiger partial charge in [0.05, 0.1) is 24.5 Å². The highest BCUT2D eigenvalue weighted by Gasteiger charge is 2.32. The summed E-state index contributed by atoms with van der Waals surface area (Å²) < 4.78 is 20.1. The van der Waals surface area contributed by atoms with Crippen molar-refractivity contribution in [2.75, 3.05) is 47.5 Å². The van der Waals surface area contributed by atoms with E-state index in [1.54, 1.807) is 30.5 Å². The summed E-state index contributed by atoms with van der Waals surface area (Å²) in [5.41, 5.74) is 2.02. The Bertz CT molecular complexity index is 903. The first-order valence-corrected chi connectivity index (χ1v) is 11.0. The van der Waals surface area contributed by atoms with Crippen molar-refractivity contribution in [1.82, 2.24) is 0 Å². The number of amides is 1. The zero-order chi connectivity index (χ0) is 20.2. The minimum absolute atomic E-state index is 0.314. The summed E-state index contributed by atoms with van der Waals surface area (Å²) in [7, 11) is 0. The summed E-state index contributed by atoms with van der Waals surface area (Å²) in [4.78, 5) is 20.1. The summed E-state index contributed by atoms with van der Waals surface area (Å²) in [5.74, 6) is 1.68. The van der Waals surface area contributed by atoms with Gasteiger partial charge < -0.3 is 9.64 Å². The summed E-state index contributed by atoms with van der Waals surface area (Å²) in [6.07, 6.45) is 0.879. The van der Waals surface area contributed by atoms with Gasteiger partial charge in [0.2, 0.25) is 0 Å². The molecule has 0 unspecified atom stereocenters. The van der Waals surface area contributed by atoms with Gasteiger partial charge in [-0.2, -0.15) is 11.8 Å². The van der Waals surface area contributed by atoms with Crippen LogP contribution in [-0.2, 0) is 4.74 Å². The number of anilines is 2. The molecular formula is C21H21ClFN3O2S. The maximum Gasteiger partial charge on any atom is 0.414 e. The topological polar surface area (TPSA) is 45.1 Å². The smallest absolute Gasteiger partial charge is 0.414 e. The molecule has 2 saturated heterocycles. The average molecular weight is 434 g/mol. The van der Waals surface area contributed by atoms with E-state index in [2.05, 4.69) is 4.99 Å². The molecule has 152 valence electrons. The highest BCUT2D eigenvalue weighted by atomic mass is 35.5. The molecule has 0 bridgehead atoms. The lowest BCUT2D eigenvalue weighted by atomic mass is 10.2. The van der Waals surface area contributed by atoms with Crippen LogP contribution in [0.25, 0.3) is 0 Å². The van der Waals surface area contributed by atoms with Crippen molar-refractivity contribution in [2.24, 2.45) is 4.99 Å². The van der Waals surface area contributed by atoms with Gasteiger partial charge in [0.25, 0.3) is 0 Å². The quantitative estimate of drug-likeness (QED) is 0.652. The first-order valence-electron chi connectivity index (χ1n) is 9.46. The lowest BCUT2D eigenvalue weighted by molar-refractivity contribution is 0.145. The van der Waals surface area contributed by atoms with Gasteiger partial charge in [-0.15, -0.1) is 0 Å². The lowest BCUT2D eigenvalue weighted by Gasteiger charge is -2.29. The Morgan fingerprint density at radius 2 is 1.97 bits per heavy atom. The van der Waals surface area contributed by atoms with E-state index in [-0.39, 0.29) is 11.9 Å². The van der Waals surface area contributed by atoms with Crippen LogP contribution in [0.15, 0.2) is 47.5 Å². The largest absolute Gasteiger partial charge is 0.442 e. The van der Waals surface area contributed by atoms with Gasteiger partial charge in [-0.1, -0.05) is 23.7 Å². The summed E-state index contributed by atoms with van der Waals surface area (Å²) >= 11 is 7.74. The Kier molecular flexibility index (Phi) is 6.25. The van der Waals surface area contributed by atoms with E-state index < -0.39 is 6.09 Å². The predicted molar refractivity (Wildman–Crippen MR) is 117 cm³/mol. The van der Waals surface area contributed by atoms with E-state index in [9.17, 15) is 9.18 Å². The van der Waals surface area contributed by atoms with Crippen LogP contribution in [0, 0.1) is 5.82 Å². The molecule has 0 N–H and O–H groups in total. The second-order valence-electron chi connectivity index (χ2n) is 6.90. The summed E-state index contributed by atoms with van der Waals surface area (Å²) in [6.45, 7) is 2.35. The normalized spacial score (nSPS) is 19.8. The molecule has 0 saturated carbocycles. The van der Waals surface area contributed by atoms with Crippen LogP contribution in [0.4, 0.5) is 20.6 Å². The number of ether oxygens (including phenoxy) is 1. The molecule has 5 nitrogen and oxygen atoms in total. The highest BCUT2D eigenvalue weighted by molar-refractivity contribution is 7.99. The molecule has 0 aliphatic carbocycles. The maximum absolute atomic E-state index is 14.7. The SMILES string of the molecule is O=C1O[C@@H](CN=Cc2ccc(Cl)cc2)CN1c1ccc(N2CCSCC2)c(F)c1. The van der Waals surface area contributed by atoms with E-state index in [1.165, 1.54) is 11.0 Å². The third-order valence-electron chi connectivity index (χ3n) is 4.89. The van der Waals surface area contributed by atoms with Crippen molar-refractivity contribution in [3.63, 3.8) is 0 Å². The predicted octanol–water partition coefficient (Wildman–Crippen LogP) is 4.48. The Morgan fingerprint density at radius 3 is 2.69 bits per heavy atom. The van der Waals surface area contributed by atoms with E-state index in [0.29, 0.717) is 29.5 Å². The molecule has 0 aromatic heterocycles. The number of hydrogen-bond acceptors (Lipinski definition) is 5. The van der Waals surface area contributed by atoms with Crippen molar-refractivity contribution >= 4 is 47.0 Å². The van der Waals surface area contributed by atoms with Gasteiger partial charge in [0.15, 0.2) is 0 Å². The molecule has 2 aromatic carbocycles. The third-order valence-corrected chi connectivity index (χ3v) is 6.08. The Labute approximate surface area is 178 Å². The number of rotatable bonds is 5. The Morgan fingerprint density at radius 1 is 1.21 bits per heavy atom. The van der Waals surface area contributed by atoms with Crippen LogP contribution in [0.3, 0.4) is 0 Å². The fraction of sp³-hybridized carbons (Fsp3) is 0.333. The number of cyclic esters (lactones) is 1. The molecule has 2 fully saturated rings. The van der Waals surface area contributed by atoms with Gasteiger partial charge in [0, 0.05) is 35.8 Å². The van der Waals surface area contributed by atoms with Crippen molar-refractivity contribution < 1.29 is 13.9 Å². The average Bonchev–Trinajstić information content (AvgIpc) is 3.10. The van der Waals surface area contributed by atoms with Crippen LogP contribution in [-0.4, -0.2) is 56.1 Å². The van der Waals surface area contributed by atoms with Crippen molar-refractivity contribution in [2.45, 2.75) is 6.10 Å². The lowest BCUT2D eigenvalue weighted by Crippen LogP contribution is -2.33. The first-order chi connectivity index (χ1) is 14.1. The standard InChI is InChI=1S/C21H21ClFN3O2S/c22-16-3-1-15(2-4-16)12-24-13-18-14-26(21(27)28-18)17-5-6-20(19(23)11-17)25-7-9-29-10-8-25/h1-6,11-12,18H,7-10,13-14H2/t18-/m0/s1. The second kappa shape index (κ2) is 9.05. The zero-order valence-electron chi connectivity index (χ0n) is 15.8. The number of aliphatic imine (C=N–C) groups is 1. The summed E-state index contributed by atoms with van der Waals surface area (Å²) in [6, 6.07) is 12.3. The molecule has 4 rings (SSSR count). The van der Waals surface area contributed by atoms with Gasteiger partial charge in [0.1, 0.15) is 11.9 Å². The van der Waals surface area contributed by atoms with Crippen LogP contribution in [0.2, 0.25) is 5.02 Å². The van der Waals surface area contributed by atoms with Gasteiger partial charge in [-0.05, 0) is 35.9 Å². The van der Waals surface area contributed by atoms with Gasteiger partial charge in [-0.25, -0.2) is 9.18 Å². The Hall–Kier alpha value is -2.25. The van der Waals surface area contributed by atoms with Crippen molar-refractivity contribution in [3.05, 3.63) is 58.9 Å². The number of carbonyl (C=O) groups is 1. The maximum atomic E-state index is 14.7. The highest BCUT2D eigenvalue weighted by Crippen LogP contribution is 2.29. The fourth-order valence-corrected chi connectivity index (χ4v) is 4.41. The number of nitrogens with zero attached hydrogens (tertiary/aromatic N) is 3. The molecule has 0 radical (unpaired) electrons. The molecule has 1 atom stereocenters. The van der Waals surface area contributed by atoms with Gasteiger partial charge >= 0.3 is 6.09 Å². The minimum atomic E-state index is -0.474. The number of hydrogen-bond donors (Lipinski definition) is 0. The fourth-order valence-electron chi connectivity index (χ4n) is 3.38. The van der Waals surface area contributed by atoms with E-state index >= 15 is 0 Å². The van der Waals surface area contributed by atoms with E-state index in [0.717, 1.165) is 30.2 Å². The molecule has 0 spiro atoms. The molecule has 1 amide bonds. The Balaban J connectivity index is 1.38. The molecular weight excluding hydrogens is 413 g/mol. The molecule has 2 heterocycles. The zero-order valence-corrected chi connectivity index (χ0v) is 17.3. The van der Waals surface area contributed by atoms with Crippen molar-refractivity contribution in [3.8, 4) is 0 Å². The van der Waals surface area contributed by atoms with Crippen LogP contribution >= 0.6 is 23.4 Å². The number of benzene rings is 2. The molecule has 2 aliphatic heterocycles. The van der Waals surface area contributed by atoms with Crippen molar-refractivity contribution in [1.29, 1.82) is 0 Å². The molecule has 29 heavy (non-hydrogen) atoms. The summed E-state index contributed by atoms with van der Waals surface area (Å²) in [5, 5.41) is 0.667. The van der Waals surface area contributed by atoms with Gasteiger partial charge in [-0.3, -0.25) is 9.89 Å². The van der Waals surface area contributed by atoms with Crippen LogP contribution < -0.4 is 9.80 Å². The molecule has 8 heteroatoms. The monoisotopic (exact) mass is 433 g/mol.